The van der Waals surface area contributed by atoms with Crippen LogP contribution in [0.4, 0.5) is 0 Å². The fourth-order valence-electron chi connectivity index (χ4n) is 1.54. The molecule has 0 spiro atoms. The summed E-state index contributed by atoms with van der Waals surface area (Å²) in [6.07, 6.45) is 2.50. The number of hydrogen-bond acceptors (Lipinski definition) is 4. The van der Waals surface area contributed by atoms with Crippen molar-refractivity contribution >= 4 is 11.3 Å². The van der Waals surface area contributed by atoms with E-state index < -0.39 is 0 Å². The minimum atomic E-state index is 0.229. The quantitative estimate of drug-likeness (QED) is 0.810. The highest BCUT2D eigenvalue weighted by molar-refractivity contribution is 7.07. The van der Waals surface area contributed by atoms with Gasteiger partial charge in [0, 0.05) is 0 Å². The Hall–Kier alpha value is -1.20. The monoisotopic (exact) mass is 222 g/mol. The van der Waals surface area contributed by atoms with Crippen LogP contribution in [0.25, 0.3) is 0 Å². The summed E-state index contributed by atoms with van der Waals surface area (Å²) in [6.45, 7) is 3.02. The Morgan fingerprint density at radius 2 is 2.53 bits per heavy atom. The first-order valence-corrected chi connectivity index (χ1v) is 5.94. The molecule has 2 N–H and O–H groups in total. The van der Waals surface area contributed by atoms with E-state index in [9.17, 15) is 0 Å². The smallest absolute Gasteiger partial charge is 0.141 e. The molecule has 2 aromatic rings. The number of rotatable bonds is 5. The molecule has 0 fully saturated rings. The maximum atomic E-state index is 4.19. The van der Waals surface area contributed by atoms with Crippen molar-refractivity contribution in [3.05, 3.63) is 34.5 Å². The second kappa shape index (κ2) is 5.04. The number of nitrogens with zero attached hydrogens (tertiary/aromatic N) is 2. The van der Waals surface area contributed by atoms with E-state index in [1.165, 1.54) is 5.56 Å². The molecule has 80 valence electrons. The third-order valence-electron chi connectivity index (χ3n) is 2.23. The van der Waals surface area contributed by atoms with E-state index in [2.05, 4.69) is 44.2 Å². The highest BCUT2D eigenvalue weighted by atomic mass is 32.1. The van der Waals surface area contributed by atoms with E-state index in [-0.39, 0.29) is 6.04 Å². The van der Waals surface area contributed by atoms with Crippen LogP contribution >= 0.6 is 11.3 Å². The second-order valence-corrected chi connectivity index (χ2v) is 4.10. The molecule has 1 atom stereocenters. The summed E-state index contributed by atoms with van der Waals surface area (Å²) in [5.74, 6) is 0.906. The van der Waals surface area contributed by atoms with Crippen LogP contribution in [0.3, 0.4) is 0 Å². The number of nitrogens with one attached hydrogen (secondary N) is 2. The molecule has 0 radical (unpaired) electrons. The van der Waals surface area contributed by atoms with Crippen LogP contribution in [0.2, 0.25) is 0 Å². The van der Waals surface area contributed by atoms with Gasteiger partial charge in [-0.3, -0.25) is 5.10 Å². The third-order valence-corrected chi connectivity index (χ3v) is 2.97. The third kappa shape index (κ3) is 2.64. The van der Waals surface area contributed by atoms with Gasteiger partial charge in [0.05, 0.1) is 6.04 Å². The minimum Gasteiger partial charge on any atom is -0.307 e. The van der Waals surface area contributed by atoms with Gasteiger partial charge in [-0.25, -0.2) is 4.98 Å². The Morgan fingerprint density at radius 1 is 1.60 bits per heavy atom. The van der Waals surface area contributed by atoms with Crippen LogP contribution < -0.4 is 5.32 Å². The SMILES string of the molecule is CCNC(Cc1ccsc1)c1ncn[nH]1. The van der Waals surface area contributed by atoms with Crippen molar-refractivity contribution in [1.82, 2.24) is 20.5 Å². The fourth-order valence-corrected chi connectivity index (χ4v) is 2.22. The Balaban J connectivity index is 2.07. The van der Waals surface area contributed by atoms with Gasteiger partial charge < -0.3 is 5.32 Å². The zero-order valence-electron chi connectivity index (χ0n) is 8.60. The number of thiophene rings is 1. The summed E-state index contributed by atoms with van der Waals surface area (Å²) in [4.78, 5) is 4.19. The standard InChI is InChI=1S/C10H14N4S/c1-2-11-9(10-12-7-13-14-10)5-8-3-4-15-6-8/h3-4,6-7,9,11H,2,5H2,1H3,(H,12,13,14). The lowest BCUT2D eigenvalue weighted by Crippen LogP contribution is -2.23. The highest BCUT2D eigenvalue weighted by Crippen LogP contribution is 2.16. The molecular weight excluding hydrogens is 208 g/mol. The van der Waals surface area contributed by atoms with Crippen molar-refractivity contribution in [2.45, 2.75) is 19.4 Å². The Labute approximate surface area is 92.8 Å². The Bertz CT molecular complexity index is 368. The molecule has 2 aromatic heterocycles. The number of aromatic amines is 1. The average molecular weight is 222 g/mol. The summed E-state index contributed by atoms with van der Waals surface area (Å²) in [6, 6.07) is 2.37. The number of likely N-dealkylation sites (N-methyl/N-ethyl adjacent to an activating group) is 1. The lowest BCUT2D eigenvalue weighted by molar-refractivity contribution is 0.524. The van der Waals surface area contributed by atoms with E-state index in [4.69, 9.17) is 0 Å². The van der Waals surface area contributed by atoms with Gasteiger partial charge in [-0.1, -0.05) is 6.92 Å². The zero-order chi connectivity index (χ0) is 10.5. The van der Waals surface area contributed by atoms with Gasteiger partial charge in [-0.2, -0.15) is 16.4 Å². The van der Waals surface area contributed by atoms with Crippen LogP contribution in [0.1, 0.15) is 24.4 Å². The molecule has 2 heterocycles. The molecule has 15 heavy (non-hydrogen) atoms. The molecule has 0 saturated carbocycles. The maximum absolute atomic E-state index is 4.19. The molecule has 0 aromatic carbocycles. The molecule has 0 amide bonds. The Kier molecular flexibility index (Phi) is 3.47. The van der Waals surface area contributed by atoms with Crippen LogP contribution in [0, 0.1) is 0 Å². The molecule has 2 rings (SSSR count). The van der Waals surface area contributed by atoms with Gasteiger partial charge in [-0.15, -0.1) is 0 Å². The fraction of sp³-hybridized carbons (Fsp3) is 0.400. The summed E-state index contributed by atoms with van der Waals surface area (Å²) in [7, 11) is 0. The van der Waals surface area contributed by atoms with Crippen LogP contribution in [-0.2, 0) is 6.42 Å². The lowest BCUT2D eigenvalue weighted by atomic mass is 10.1. The van der Waals surface area contributed by atoms with E-state index in [0.717, 1.165) is 18.8 Å². The predicted octanol–water partition coefficient (Wildman–Crippen LogP) is 1.76. The molecule has 5 heteroatoms. The van der Waals surface area contributed by atoms with Crippen molar-refractivity contribution in [3.8, 4) is 0 Å². The van der Waals surface area contributed by atoms with Gasteiger partial charge in [0.1, 0.15) is 12.2 Å². The molecule has 0 aliphatic heterocycles. The first-order chi connectivity index (χ1) is 7.40. The van der Waals surface area contributed by atoms with E-state index in [1.54, 1.807) is 17.7 Å². The zero-order valence-corrected chi connectivity index (χ0v) is 9.42. The van der Waals surface area contributed by atoms with Crippen molar-refractivity contribution < 1.29 is 0 Å². The largest absolute Gasteiger partial charge is 0.307 e. The molecular formula is C10H14N4S. The van der Waals surface area contributed by atoms with Gasteiger partial charge in [0.15, 0.2) is 0 Å². The summed E-state index contributed by atoms with van der Waals surface area (Å²) in [5, 5.41) is 14.5. The molecule has 4 nitrogen and oxygen atoms in total. The van der Waals surface area contributed by atoms with Crippen LogP contribution in [0.5, 0.6) is 0 Å². The van der Waals surface area contributed by atoms with Gasteiger partial charge in [0.2, 0.25) is 0 Å². The van der Waals surface area contributed by atoms with Gasteiger partial charge in [0.25, 0.3) is 0 Å². The lowest BCUT2D eigenvalue weighted by Gasteiger charge is -2.13. The van der Waals surface area contributed by atoms with Crippen LogP contribution in [0.15, 0.2) is 23.2 Å². The first-order valence-electron chi connectivity index (χ1n) is 5.00. The molecule has 0 bridgehead atoms. The first kappa shape index (κ1) is 10.3. The van der Waals surface area contributed by atoms with Gasteiger partial charge in [-0.05, 0) is 35.4 Å². The molecule has 1 unspecified atom stereocenters. The van der Waals surface area contributed by atoms with Crippen molar-refractivity contribution in [2.24, 2.45) is 0 Å². The van der Waals surface area contributed by atoms with E-state index in [0.29, 0.717) is 0 Å². The van der Waals surface area contributed by atoms with E-state index in [1.807, 2.05) is 0 Å². The van der Waals surface area contributed by atoms with Crippen molar-refractivity contribution in [3.63, 3.8) is 0 Å². The second-order valence-electron chi connectivity index (χ2n) is 3.32. The Morgan fingerprint density at radius 3 is 3.13 bits per heavy atom. The van der Waals surface area contributed by atoms with Crippen molar-refractivity contribution in [2.75, 3.05) is 6.54 Å². The molecule has 0 saturated heterocycles. The molecule has 0 aliphatic rings. The topological polar surface area (TPSA) is 53.6 Å². The number of hydrogen-bond donors (Lipinski definition) is 2. The summed E-state index contributed by atoms with van der Waals surface area (Å²) >= 11 is 1.72. The molecule has 0 aliphatic carbocycles. The van der Waals surface area contributed by atoms with E-state index >= 15 is 0 Å². The number of H-pyrrole nitrogens is 1. The maximum Gasteiger partial charge on any atom is 0.141 e. The average Bonchev–Trinajstić information content (AvgIpc) is 2.89. The van der Waals surface area contributed by atoms with Crippen molar-refractivity contribution in [1.29, 1.82) is 0 Å². The summed E-state index contributed by atoms with van der Waals surface area (Å²) < 4.78 is 0. The minimum absolute atomic E-state index is 0.229. The van der Waals surface area contributed by atoms with Gasteiger partial charge >= 0.3 is 0 Å². The normalized spacial score (nSPS) is 12.9. The number of aromatic nitrogens is 3. The highest BCUT2D eigenvalue weighted by Gasteiger charge is 2.13. The van der Waals surface area contributed by atoms with Crippen LogP contribution in [-0.4, -0.2) is 21.7 Å². The predicted molar refractivity (Wildman–Crippen MR) is 60.8 cm³/mol. The summed E-state index contributed by atoms with van der Waals surface area (Å²) in [5.41, 5.74) is 1.34.